The zero-order valence-corrected chi connectivity index (χ0v) is 20.8. The van der Waals surface area contributed by atoms with Crippen molar-refractivity contribution in [3.05, 3.63) is 54.1 Å². The molecule has 1 heterocycles. The van der Waals surface area contributed by atoms with Crippen LogP contribution in [0.1, 0.15) is 44.0 Å². The second kappa shape index (κ2) is 11.1. The molecular weight excluding hydrogens is 475 g/mol. The number of nitrogens with zero attached hydrogens (tertiary/aromatic N) is 1. The Labute approximate surface area is 208 Å². The van der Waals surface area contributed by atoms with Gasteiger partial charge in [-0.3, -0.25) is 9.59 Å². The number of alkyl halides is 3. The van der Waals surface area contributed by atoms with Crippen LogP contribution < -0.4 is 20.1 Å². The molecule has 36 heavy (non-hydrogen) atoms. The van der Waals surface area contributed by atoms with Gasteiger partial charge in [-0.05, 0) is 68.1 Å². The van der Waals surface area contributed by atoms with Gasteiger partial charge in [-0.25, -0.2) is 0 Å². The van der Waals surface area contributed by atoms with E-state index in [1.807, 2.05) is 38.1 Å². The number of ether oxygens (including phenoxy) is 2. The third kappa shape index (κ3) is 7.29. The van der Waals surface area contributed by atoms with Crippen molar-refractivity contribution in [2.45, 2.75) is 51.6 Å². The second-order valence-corrected chi connectivity index (χ2v) is 9.51. The number of halogens is 3. The van der Waals surface area contributed by atoms with Crippen LogP contribution in [0.4, 0.5) is 18.9 Å². The summed E-state index contributed by atoms with van der Waals surface area (Å²) in [5, 5.41) is 6.24. The minimum Gasteiger partial charge on any atom is -0.497 e. The number of benzene rings is 2. The minimum absolute atomic E-state index is 0.0230. The molecule has 0 spiro atoms. The van der Waals surface area contributed by atoms with Gasteiger partial charge in [-0.15, -0.1) is 13.2 Å². The first-order valence-corrected chi connectivity index (χ1v) is 11.8. The molecule has 0 aromatic heterocycles. The van der Waals surface area contributed by atoms with Crippen molar-refractivity contribution in [1.29, 1.82) is 0 Å². The summed E-state index contributed by atoms with van der Waals surface area (Å²) in [5.41, 5.74) is 0.730. The number of rotatable bonds is 8. The molecule has 0 radical (unpaired) electrons. The topological polar surface area (TPSA) is 79.9 Å². The number of piperidine rings is 1. The summed E-state index contributed by atoms with van der Waals surface area (Å²) < 4.78 is 46.7. The van der Waals surface area contributed by atoms with E-state index in [2.05, 4.69) is 22.3 Å². The van der Waals surface area contributed by atoms with E-state index in [0.29, 0.717) is 25.9 Å². The summed E-state index contributed by atoms with van der Waals surface area (Å²) in [6, 6.07) is 11.6. The monoisotopic (exact) mass is 507 g/mol. The van der Waals surface area contributed by atoms with E-state index in [1.165, 1.54) is 12.1 Å². The molecule has 2 amide bonds. The van der Waals surface area contributed by atoms with Crippen molar-refractivity contribution >= 4 is 17.5 Å². The molecule has 0 bridgehead atoms. The summed E-state index contributed by atoms with van der Waals surface area (Å²) in [6.45, 7) is 6.74. The van der Waals surface area contributed by atoms with Crippen molar-refractivity contribution in [1.82, 2.24) is 10.2 Å². The van der Waals surface area contributed by atoms with Gasteiger partial charge in [0.2, 0.25) is 5.91 Å². The van der Waals surface area contributed by atoms with Crippen LogP contribution in [0, 0.1) is 5.92 Å². The molecule has 10 heteroatoms. The summed E-state index contributed by atoms with van der Waals surface area (Å²) >= 11 is 0. The van der Waals surface area contributed by atoms with Crippen molar-refractivity contribution in [2.24, 2.45) is 5.92 Å². The molecule has 1 fully saturated rings. The van der Waals surface area contributed by atoms with Gasteiger partial charge >= 0.3 is 6.36 Å². The van der Waals surface area contributed by atoms with Gasteiger partial charge in [0.15, 0.2) is 0 Å². The molecule has 2 aromatic rings. The van der Waals surface area contributed by atoms with Crippen LogP contribution in [0.25, 0.3) is 0 Å². The number of carbonyl (C=O) groups is 2. The number of carbonyl (C=O) groups excluding carboxylic acids is 2. The first-order valence-electron chi connectivity index (χ1n) is 11.8. The lowest BCUT2D eigenvalue weighted by molar-refractivity contribution is -0.274. The molecule has 0 saturated carbocycles. The van der Waals surface area contributed by atoms with Gasteiger partial charge < -0.3 is 25.0 Å². The Balaban J connectivity index is 1.61. The predicted molar refractivity (Wildman–Crippen MR) is 130 cm³/mol. The number of hydrogen-bond donors (Lipinski definition) is 2. The molecule has 196 valence electrons. The first-order chi connectivity index (χ1) is 16.9. The van der Waals surface area contributed by atoms with Crippen LogP contribution in [0.5, 0.6) is 11.5 Å². The number of likely N-dealkylation sites (tertiary alicyclic amines) is 1. The van der Waals surface area contributed by atoms with E-state index in [-0.39, 0.29) is 22.9 Å². The van der Waals surface area contributed by atoms with Gasteiger partial charge in [-0.1, -0.05) is 19.9 Å². The summed E-state index contributed by atoms with van der Waals surface area (Å²) in [7, 11) is 1.61. The van der Waals surface area contributed by atoms with Crippen LogP contribution in [0.2, 0.25) is 0 Å². The molecule has 2 N–H and O–H groups in total. The maximum Gasteiger partial charge on any atom is 0.573 e. The fraction of sp³-hybridized carbons (Fsp3) is 0.462. The standard InChI is InChI=1S/C26H32F3N3O4/c1-17(2)22(30-23(33)18-6-5-7-21(16-18)36-26(27,28)29)24(34)32-14-12-25(3,13-15-32)31-19-8-10-20(35-4)11-9-19/h5-11,16-17,22,31H,12-15H2,1-4H3,(H,30,33). The largest absolute Gasteiger partial charge is 0.573 e. The Bertz CT molecular complexity index is 1050. The van der Waals surface area contributed by atoms with E-state index in [0.717, 1.165) is 23.6 Å². The average Bonchev–Trinajstić information content (AvgIpc) is 2.81. The zero-order valence-electron chi connectivity index (χ0n) is 20.8. The quantitative estimate of drug-likeness (QED) is 0.535. The Morgan fingerprint density at radius 2 is 1.67 bits per heavy atom. The molecule has 2 aromatic carbocycles. The number of anilines is 1. The smallest absolute Gasteiger partial charge is 0.497 e. The van der Waals surface area contributed by atoms with Crippen LogP contribution in [-0.2, 0) is 4.79 Å². The Kier molecular flexibility index (Phi) is 8.37. The van der Waals surface area contributed by atoms with Gasteiger partial charge in [0, 0.05) is 29.9 Å². The molecule has 1 aliphatic rings. The third-order valence-electron chi connectivity index (χ3n) is 6.26. The third-order valence-corrected chi connectivity index (χ3v) is 6.26. The maximum absolute atomic E-state index is 13.3. The molecule has 1 unspecified atom stereocenters. The highest BCUT2D eigenvalue weighted by Crippen LogP contribution is 2.28. The molecule has 7 nitrogen and oxygen atoms in total. The van der Waals surface area contributed by atoms with Gasteiger partial charge in [0.25, 0.3) is 5.91 Å². The Morgan fingerprint density at radius 1 is 1.03 bits per heavy atom. The summed E-state index contributed by atoms with van der Waals surface area (Å²) in [5.74, 6) is -0.804. The lowest BCUT2D eigenvalue weighted by atomic mass is 9.88. The van der Waals surface area contributed by atoms with Crippen LogP contribution in [0.15, 0.2) is 48.5 Å². The van der Waals surface area contributed by atoms with Crippen molar-refractivity contribution in [3.63, 3.8) is 0 Å². The summed E-state index contributed by atoms with van der Waals surface area (Å²) in [6.07, 6.45) is -3.45. The van der Waals surface area contributed by atoms with E-state index >= 15 is 0 Å². The van der Waals surface area contributed by atoms with Gasteiger partial charge in [-0.2, -0.15) is 0 Å². The summed E-state index contributed by atoms with van der Waals surface area (Å²) in [4.78, 5) is 27.8. The van der Waals surface area contributed by atoms with E-state index in [1.54, 1.807) is 12.0 Å². The Morgan fingerprint density at radius 3 is 2.22 bits per heavy atom. The van der Waals surface area contributed by atoms with Gasteiger partial charge in [0.05, 0.1) is 7.11 Å². The maximum atomic E-state index is 13.3. The highest BCUT2D eigenvalue weighted by molar-refractivity contribution is 5.98. The second-order valence-electron chi connectivity index (χ2n) is 9.51. The highest BCUT2D eigenvalue weighted by Gasteiger charge is 2.36. The molecule has 1 aliphatic heterocycles. The fourth-order valence-corrected chi connectivity index (χ4v) is 4.14. The van der Waals surface area contributed by atoms with Gasteiger partial charge in [0.1, 0.15) is 17.5 Å². The van der Waals surface area contributed by atoms with Crippen LogP contribution in [0.3, 0.4) is 0 Å². The molecule has 1 atom stereocenters. The number of hydrogen-bond acceptors (Lipinski definition) is 5. The zero-order chi connectivity index (χ0) is 26.5. The average molecular weight is 508 g/mol. The molecule has 3 rings (SSSR count). The highest BCUT2D eigenvalue weighted by atomic mass is 19.4. The van der Waals surface area contributed by atoms with Crippen LogP contribution >= 0.6 is 0 Å². The van der Waals surface area contributed by atoms with Crippen molar-refractivity contribution < 1.29 is 32.2 Å². The lowest BCUT2D eigenvalue weighted by Gasteiger charge is -2.42. The SMILES string of the molecule is COc1ccc(NC2(C)CCN(C(=O)C(NC(=O)c3cccc(OC(F)(F)F)c3)C(C)C)CC2)cc1. The lowest BCUT2D eigenvalue weighted by Crippen LogP contribution is -2.56. The number of methoxy groups -OCH3 is 1. The minimum atomic E-state index is -4.86. The molecular formula is C26H32F3N3O4. The molecule has 1 saturated heterocycles. The first kappa shape index (κ1) is 27.2. The van der Waals surface area contributed by atoms with Crippen molar-refractivity contribution in [2.75, 3.05) is 25.5 Å². The predicted octanol–water partition coefficient (Wildman–Crippen LogP) is 4.84. The fourth-order valence-electron chi connectivity index (χ4n) is 4.14. The van der Waals surface area contributed by atoms with Crippen LogP contribution in [-0.4, -0.2) is 54.9 Å². The Hall–Kier alpha value is -3.43. The van der Waals surface area contributed by atoms with E-state index in [9.17, 15) is 22.8 Å². The normalized spacial score (nSPS) is 16.3. The molecule has 0 aliphatic carbocycles. The number of amides is 2. The van der Waals surface area contributed by atoms with E-state index < -0.39 is 24.1 Å². The van der Waals surface area contributed by atoms with Crippen molar-refractivity contribution in [3.8, 4) is 11.5 Å². The van der Waals surface area contributed by atoms with E-state index in [4.69, 9.17) is 4.74 Å². The number of nitrogens with one attached hydrogen (secondary N) is 2.